The Kier molecular flexibility index (Phi) is 10.2. The third-order valence-electron chi connectivity index (χ3n) is 7.67. The molecule has 1 aromatic rings. The maximum Gasteiger partial charge on any atom is 0.0721 e. The van der Waals surface area contributed by atoms with E-state index in [0.717, 1.165) is 23.7 Å². The normalized spacial score (nSPS) is 27.8. The van der Waals surface area contributed by atoms with Gasteiger partial charge in [0.25, 0.3) is 0 Å². The molecule has 0 bridgehead atoms. The van der Waals surface area contributed by atoms with Crippen molar-refractivity contribution in [3.63, 3.8) is 0 Å². The fourth-order valence-corrected chi connectivity index (χ4v) is 5.57. The lowest BCUT2D eigenvalue weighted by atomic mass is 9.74. The predicted molar refractivity (Wildman–Crippen MR) is 130 cm³/mol. The lowest BCUT2D eigenvalue weighted by Crippen LogP contribution is -2.17. The van der Waals surface area contributed by atoms with E-state index < -0.39 is 0 Å². The molecule has 2 aliphatic rings. The highest BCUT2D eigenvalue weighted by Crippen LogP contribution is 2.40. The van der Waals surface area contributed by atoms with E-state index in [1.54, 1.807) is 5.56 Å². The van der Waals surface area contributed by atoms with Crippen LogP contribution in [0.5, 0.6) is 0 Å². The first kappa shape index (κ1) is 23.3. The van der Waals surface area contributed by atoms with Gasteiger partial charge in [0.05, 0.1) is 13.2 Å². The summed E-state index contributed by atoms with van der Waals surface area (Å²) in [5.41, 5.74) is 2.84. The van der Waals surface area contributed by atoms with Gasteiger partial charge in [0, 0.05) is 0 Å². The van der Waals surface area contributed by atoms with Gasteiger partial charge in [-0.25, -0.2) is 0 Å². The first-order valence-corrected chi connectivity index (χ1v) is 12.7. The fourth-order valence-electron chi connectivity index (χ4n) is 5.57. The third-order valence-corrected chi connectivity index (χ3v) is 7.67. The van der Waals surface area contributed by atoms with E-state index in [-0.39, 0.29) is 0 Å². The summed E-state index contributed by atoms with van der Waals surface area (Å²) in [6, 6.07) is 9.24. The topological polar surface area (TPSA) is 9.23 Å². The molecule has 166 valence electrons. The number of rotatable bonds is 10. The molecule has 3 rings (SSSR count). The van der Waals surface area contributed by atoms with Gasteiger partial charge in [-0.3, -0.25) is 0 Å². The molecule has 0 heterocycles. The maximum absolute atomic E-state index is 5.67. The van der Waals surface area contributed by atoms with Gasteiger partial charge >= 0.3 is 0 Å². The number of hydrogen-bond donors (Lipinski definition) is 0. The van der Waals surface area contributed by atoms with Crippen molar-refractivity contribution < 1.29 is 4.74 Å². The molecule has 0 aliphatic heterocycles. The van der Waals surface area contributed by atoms with Crippen LogP contribution >= 0.6 is 0 Å². The quantitative estimate of drug-likeness (QED) is 0.278. The zero-order valence-corrected chi connectivity index (χ0v) is 19.5. The standard InChI is InChI=1S/C29H44O/c1-3-5-7-24-8-10-25(11-9-24)12-13-26-14-18-28(19-15-26)29-20-16-27(17-21-29)23-30-22-6-4-2/h3-6,16-17,20-21,24-26,28H,7-15,18-19,22-23H2,1-2H3/b5-3+,6-4+/t24-,25-,26-,28-. The predicted octanol–water partition coefficient (Wildman–Crippen LogP) is 8.61. The molecule has 2 fully saturated rings. The monoisotopic (exact) mass is 408 g/mol. The second-order valence-corrected chi connectivity index (χ2v) is 9.81. The van der Waals surface area contributed by atoms with E-state index in [1.807, 2.05) is 13.0 Å². The Labute approximate surface area is 186 Å². The summed E-state index contributed by atoms with van der Waals surface area (Å²) in [7, 11) is 0. The highest BCUT2D eigenvalue weighted by Gasteiger charge is 2.25. The molecule has 1 heteroatoms. The molecule has 2 saturated carbocycles. The summed E-state index contributed by atoms with van der Waals surface area (Å²) >= 11 is 0. The molecule has 1 aromatic carbocycles. The van der Waals surface area contributed by atoms with Gasteiger partial charge in [-0.05, 0) is 93.6 Å². The Morgan fingerprint density at radius 1 is 0.733 bits per heavy atom. The Bertz CT molecular complexity index is 625. The SMILES string of the molecule is C/C=C/COCc1ccc([C@H]2CC[C@H](CC[C@H]3CC[C@H](C/C=C/C)CC3)CC2)cc1. The van der Waals surface area contributed by atoms with Crippen LogP contribution in [0.3, 0.4) is 0 Å². The average molecular weight is 409 g/mol. The summed E-state index contributed by atoms with van der Waals surface area (Å²) in [5.74, 6) is 3.76. The van der Waals surface area contributed by atoms with Crippen molar-refractivity contribution in [3.8, 4) is 0 Å². The molecule has 0 aromatic heterocycles. The first-order valence-electron chi connectivity index (χ1n) is 12.7. The van der Waals surface area contributed by atoms with E-state index in [2.05, 4.69) is 49.4 Å². The van der Waals surface area contributed by atoms with Crippen molar-refractivity contribution in [1.29, 1.82) is 0 Å². The van der Waals surface area contributed by atoms with Crippen LogP contribution in [0.2, 0.25) is 0 Å². The number of ether oxygens (including phenoxy) is 1. The smallest absolute Gasteiger partial charge is 0.0721 e. The molecule has 1 nitrogen and oxygen atoms in total. The van der Waals surface area contributed by atoms with E-state index in [0.29, 0.717) is 13.2 Å². The summed E-state index contributed by atoms with van der Waals surface area (Å²) < 4.78 is 5.67. The van der Waals surface area contributed by atoms with Crippen LogP contribution in [0.1, 0.15) is 102 Å². The van der Waals surface area contributed by atoms with E-state index >= 15 is 0 Å². The van der Waals surface area contributed by atoms with Crippen molar-refractivity contribution in [3.05, 3.63) is 59.7 Å². The second-order valence-electron chi connectivity index (χ2n) is 9.81. The lowest BCUT2D eigenvalue weighted by molar-refractivity contribution is 0.148. The molecule has 0 amide bonds. The Morgan fingerprint density at radius 2 is 1.30 bits per heavy atom. The summed E-state index contributed by atoms with van der Waals surface area (Å²) in [6.45, 7) is 5.61. The summed E-state index contributed by atoms with van der Waals surface area (Å²) in [6.07, 6.45) is 24.6. The second kappa shape index (κ2) is 13.2. The zero-order chi connectivity index (χ0) is 21.0. The van der Waals surface area contributed by atoms with Crippen molar-refractivity contribution in [2.75, 3.05) is 6.61 Å². The molecule has 2 aliphatic carbocycles. The molecule has 0 atom stereocenters. The Morgan fingerprint density at radius 3 is 1.90 bits per heavy atom. The number of benzene rings is 1. The van der Waals surface area contributed by atoms with Crippen LogP contribution in [-0.2, 0) is 11.3 Å². The van der Waals surface area contributed by atoms with Crippen LogP contribution in [0.15, 0.2) is 48.6 Å². The molecule has 0 radical (unpaired) electrons. The minimum Gasteiger partial charge on any atom is -0.373 e. The van der Waals surface area contributed by atoms with Gasteiger partial charge in [0.2, 0.25) is 0 Å². The minimum absolute atomic E-state index is 0.708. The zero-order valence-electron chi connectivity index (χ0n) is 19.5. The van der Waals surface area contributed by atoms with Crippen LogP contribution < -0.4 is 0 Å². The van der Waals surface area contributed by atoms with Crippen LogP contribution in [-0.4, -0.2) is 6.61 Å². The highest BCUT2D eigenvalue weighted by molar-refractivity contribution is 5.25. The van der Waals surface area contributed by atoms with Crippen molar-refractivity contribution in [2.24, 2.45) is 17.8 Å². The van der Waals surface area contributed by atoms with Crippen LogP contribution in [0.4, 0.5) is 0 Å². The molecular weight excluding hydrogens is 364 g/mol. The molecule has 30 heavy (non-hydrogen) atoms. The average Bonchev–Trinajstić information content (AvgIpc) is 2.81. The van der Waals surface area contributed by atoms with E-state index in [4.69, 9.17) is 4.74 Å². The Balaban J connectivity index is 1.32. The van der Waals surface area contributed by atoms with Crippen molar-refractivity contribution >= 4 is 0 Å². The molecule has 0 unspecified atom stereocenters. The fraction of sp³-hybridized carbons (Fsp3) is 0.655. The Hall–Kier alpha value is -1.34. The van der Waals surface area contributed by atoms with E-state index in [9.17, 15) is 0 Å². The van der Waals surface area contributed by atoms with Crippen molar-refractivity contribution in [2.45, 2.75) is 97.0 Å². The van der Waals surface area contributed by atoms with Gasteiger partial charge in [0.1, 0.15) is 0 Å². The number of hydrogen-bond acceptors (Lipinski definition) is 1. The van der Waals surface area contributed by atoms with Crippen molar-refractivity contribution in [1.82, 2.24) is 0 Å². The highest BCUT2D eigenvalue weighted by atomic mass is 16.5. The molecule has 0 N–H and O–H groups in total. The minimum atomic E-state index is 0.708. The van der Waals surface area contributed by atoms with Gasteiger partial charge in [-0.2, -0.15) is 0 Å². The van der Waals surface area contributed by atoms with Gasteiger partial charge < -0.3 is 4.74 Å². The third kappa shape index (κ3) is 7.73. The van der Waals surface area contributed by atoms with Gasteiger partial charge in [-0.15, -0.1) is 0 Å². The first-order chi connectivity index (χ1) is 14.8. The lowest BCUT2D eigenvalue weighted by Gasteiger charge is -2.32. The largest absolute Gasteiger partial charge is 0.373 e. The summed E-state index contributed by atoms with van der Waals surface area (Å²) in [4.78, 5) is 0. The molecular formula is C29H44O. The number of allylic oxidation sites excluding steroid dienone is 3. The molecule has 0 saturated heterocycles. The van der Waals surface area contributed by atoms with Gasteiger partial charge in [0.15, 0.2) is 0 Å². The van der Waals surface area contributed by atoms with E-state index in [1.165, 1.54) is 76.2 Å². The van der Waals surface area contributed by atoms with Gasteiger partial charge in [-0.1, -0.05) is 74.3 Å². The van der Waals surface area contributed by atoms with Crippen LogP contribution in [0.25, 0.3) is 0 Å². The molecule has 0 spiro atoms. The van der Waals surface area contributed by atoms with Crippen LogP contribution in [0, 0.1) is 17.8 Å². The summed E-state index contributed by atoms with van der Waals surface area (Å²) in [5, 5.41) is 0. The maximum atomic E-state index is 5.67.